The summed E-state index contributed by atoms with van der Waals surface area (Å²) < 4.78 is 0. The van der Waals surface area contributed by atoms with E-state index >= 15 is 0 Å². The van der Waals surface area contributed by atoms with Crippen LogP contribution >= 0.6 is 0 Å². The van der Waals surface area contributed by atoms with Crippen molar-refractivity contribution in [1.82, 2.24) is 0 Å². The molecule has 0 aliphatic heterocycles. The molecule has 0 fully saturated rings. The van der Waals surface area contributed by atoms with Crippen molar-refractivity contribution in [3.05, 3.63) is 65.2 Å². The topological polar surface area (TPSA) is 29.1 Å². The highest BCUT2D eigenvalue weighted by atomic mass is 16.1. The van der Waals surface area contributed by atoms with Crippen molar-refractivity contribution < 1.29 is 4.79 Å². The summed E-state index contributed by atoms with van der Waals surface area (Å²) in [4.78, 5) is 12.5. The van der Waals surface area contributed by atoms with Gasteiger partial charge in [0.15, 0.2) is 0 Å². The maximum Gasteiger partial charge on any atom is 0.231 e. The van der Waals surface area contributed by atoms with Crippen LogP contribution in [0.25, 0.3) is 0 Å². The molecule has 1 N–H and O–H groups in total. The van der Waals surface area contributed by atoms with Crippen LogP contribution in [0.4, 0.5) is 5.69 Å². The summed E-state index contributed by atoms with van der Waals surface area (Å²) in [5, 5.41) is 3.09. The smallest absolute Gasteiger partial charge is 0.231 e. The first-order valence-electron chi connectivity index (χ1n) is 7.05. The van der Waals surface area contributed by atoms with Gasteiger partial charge >= 0.3 is 0 Å². The number of hydrogen-bond donors (Lipinski definition) is 1. The Morgan fingerprint density at radius 1 is 1.00 bits per heavy atom. The van der Waals surface area contributed by atoms with E-state index in [2.05, 4.69) is 5.32 Å². The second kappa shape index (κ2) is 6.38. The highest BCUT2D eigenvalue weighted by Gasteiger charge is 2.19. The van der Waals surface area contributed by atoms with E-state index in [1.165, 1.54) is 0 Å². The van der Waals surface area contributed by atoms with E-state index in [-0.39, 0.29) is 11.8 Å². The van der Waals surface area contributed by atoms with Crippen molar-refractivity contribution in [3.63, 3.8) is 0 Å². The fourth-order valence-corrected chi connectivity index (χ4v) is 2.48. The van der Waals surface area contributed by atoms with Crippen LogP contribution in [0.2, 0.25) is 0 Å². The van der Waals surface area contributed by atoms with Crippen LogP contribution in [0.15, 0.2) is 48.5 Å². The van der Waals surface area contributed by atoms with Crippen LogP contribution in [0.3, 0.4) is 0 Å². The van der Waals surface area contributed by atoms with Gasteiger partial charge in [-0.3, -0.25) is 4.79 Å². The van der Waals surface area contributed by atoms with Crippen molar-refractivity contribution >= 4 is 11.6 Å². The summed E-state index contributed by atoms with van der Waals surface area (Å²) in [5.41, 5.74) is 4.20. The fraction of sp³-hybridized carbons (Fsp3) is 0.278. The van der Waals surface area contributed by atoms with E-state index in [0.29, 0.717) is 0 Å². The highest BCUT2D eigenvalue weighted by Crippen LogP contribution is 2.24. The zero-order valence-electron chi connectivity index (χ0n) is 12.3. The van der Waals surface area contributed by atoms with E-state index in [4.69, 9.17) is 0 Å². The number of para-hydroxylation sites is 1. The van der Waals surface area contributed by atoms with Crippen LogP contribution in [0.5, 0.6) is 0 Å². The van der Waals surface area contributed by atoms with Crippen molar-refractivity contribution in [2.45, 2.75) is 33.1 Å². The summed E-state index contributed by atoms with van der Waals surface area (Å²) in [6.07, 6.45) is 0.792. The lowest BCUT2D eigenvalue weighted by atomic mass is 9.95. The van der Waals surface area contributed by atoms with Gasteiger partial charge < -0.3 is 5.32 Å². The number of aryl methyl sites for hydroxylation is 2. The number of rotatable bonds is 4. The number of nitrogens with one attached hydrogen (secondary N) is 1. The van der Waals surface area contributed by atoms with Gasteiger partial charge in [0, 0.05) is 5.69 Å². The van der Waals surface area contributed by atoms with Gasteiger partial charge in [0.25, 0.3) is 0 Å². The minimum Gasteiger partial charge on any atom is -0.325 e. The molecule has 0 saturated carbocycles. The van der Waals surface area contributed by atoms with E-state index in [1.807, 2.05) is 69.3 Å². The van der Waals surface area contributed by atoms with Gasteiger partial charge in [0.1, 0.15) is 0 Å². The molecule has 0 heterocycles. The van der Waals surface area contributed by atoms with Gasteiger partial charge in [-0.25, -0.2) is 0 Å². The summed E-state index contributed by atoms with van der Waals surface area (Å²) in [6.45, 7) is 6.08. The summed E-state index contributed by atoms with van der Waals surface area (Å²) in [7, 11) is 0. The molecular weight excluding hydrogens is 246 g/mol. The lowest BCUT2D eigenvalue weighted by Crippen LogP contribution is -2.21. The summed E-state index contributed by atoms with van der Waals surface area (Å²) >= 11 is 0. The SMILES string of the molecule is CC[C@@H](C(=O)Nc1c(C)cccc1C)c1ccccc1. The molecule has 2 aromatic carbocycles. The quantitative estimate of drug-likeness (QED) is 0.872. The third-order valence-corrected chi connectivity index (χ3v) is 3.66. The van der Waals surface area contributed by atoms with Crippen molar-refractivity contribution in [1.29, 1.82) is 0 Å². The molecule has 0 saturated heterocycles. The number of anilines is 1. The van der Waals surface area contributed by atoms with Crippen LogP contribution in [-0.2, 0) is 4.79 Å². The van der Waals surface area contributed by atoms with Gasteiger partial charge in [0.05, 0.1) is 5.92 Å². The van der Waals surface area contributed by atoms with E-state index in [0.717, 1.165) is 28.8 Å². The Kier molecular flexibility index (Phi) is 4.57. The second-order valence-electron chi connectivity index (χ2n) is 5.13. The molecule has 0 aromatic heterocycles. The first-order chi connectivity index (χ1) is 9.63. The second-order valence-corrected chi connectivity index (χ2v) is 5.13. The predicted octanol–water partition coefficient (Wildman–Crippen LogP) is 4.44. The van der Waals surface area contributed by atoms with Crippen LogP contribution < -0.4 is 5.32 Å². The van der Waals surface area contributed by atoms with Gasteiger partial charge in [-0.2, -0.15) is 0 Å². The zero-order valence-corrected chi connectivity index (χ0v) is 12.3. The molecule has 20 heavy (non-hydrogen) atoms. The third-order valence-electron chi connectivity index (χ3n) is 3.66. The summed E-state index contributed by atoms with van der Waals surface area (Å²) in [5.74, 6) is -0.0358. The van der Waals surface area contributed by atoms with E-state index in [9.17, 15) is 4.79 Å². The number of amides is 1. The average molecular weight is 267 g/mol. The minimum atomic E-state index is -0.102. The Morgan fingerprint density at radius 3 is 2.15 bits per heavy atom. The van der Waals surface area contributed by atoms with Gasteiger partial charge in [-0.15, -0.1) is 0 Å². The molecule has 2 rings (SSSR count). The largest absolute Gasteiger partial charge is 0.325 e. The van der Waals surface area contributed by atoms with Gasteiger partial charge in [-0.05, 0) is 37.0 Å². The maximum absolute atomic E-state index is 12.5. The molecule has 0 unspecified atom stereocenters. The van der Waals surface area contributed by atoms with Crippen molar-refractivity contribution in [2.75, 3.05) is 5.32 Å². The Hall–Kier alpha value is -2.09. The van der Waals surface area contributed by atoms with E-state index < -0.39 is 0 Å². The molecule has 0 aliphatic carbocycles. The van der Waals surface area contributed by atoms with Crippen molar-refractivity contribution in [3.8, 4) is 0 Å². The summed E-state index contributed by atoms with van der Waals surface area (Å²) in [6, 6.07) is 16.0. The molecule has 0 spiro atoms. The monoisotopic (exact) mass is 267 g/mol. The van der Waals surface area contributed by atoms with Gasteiger partial charge in [-0.1, -0.05) is 55.5 Å². The molecule has 104 valence electrons. The zero-order chi connectivity index (χ0) is 14.5. The maximum atomic E-state index is 12.5. The number of carbonyl (C=O) groups is 1. The lowest BCUT2D eigenvalue weighted by Gasteiger charge is -2.18. The van der Waals surface area contributed by atoms with Crippen LogP contribution in [0.1, 0.15) is 36.0 Å². The highest BCUT2D eigenvalue weighted by molar-refractivity contribution is 5.97. The molecule has 1 amide bonds. The van der Waals surface area contributed by atoms with E-state index in [1.54, 1.807) is 0 Å². The number of carbonyl (C=O) groups excluding carboxylic acids is 1. The lowest BCUT2D eigenvalue weighted by molar-refractivity contribution is -0.117. The van der Waals surface area contributed by atoms with Crippen LogP contribution in [0, 0.1) is 13.8 Å². The molecule has 0 aliphatic rings. The fourth-order valence-electron chi connectivity index (χ4n) is 2.48. The molecule has 1 atom stereocenters. The molecule has 2 heteroatoms. The molecule has 2 nitrogen and oxygen atoms in total. The predicted molar refractivity (Wildman–Crippen MR) is 84.0 cm³/mol. The Morgan fingerprint density at radius 2 is 1.60 bits per heavy atom. The molecule has 0 radical (unpaired) electrons. The van der Waals surface area contributed by atoms with Gasteiger partial charge in [0.2, 0.25) is 5.91 Å². The third kappa shape index (κ3) is 3.08. The molecule has 0 bridgehead atoms. The van der Waals surface area contributed by atoms with Crippen molar-refractivity contribution in [2.24, 2.45) is 0 Å². The Labute approximate surface area is 120 Å². The first-order valence-corrected chi connectivity index (χ1v) is 7.05. The Balaban J connectivity index is 2.23. The minimum absolute atomic E-state index is 0.0658. The molecular formula is C18H21NO. The molecule has 2 aromatic rings. The normalized spacial score (nSPS) is 11.9. The average Bonchev–Trinajstić information content (AvgIpc) is 2.45. The van der Waals surface area contributed by atoms with Crippen LogP contribution in [-0.4, -0.2) is 5.91 Å². The number of hydrogen-bond acceptors (Lipinski definition) is 1. The Bertz CT molecular complexity index is 569. The first kappa shape index (κ1) is 14.3. The number of benzene rings is 2. The standard InChI is InChI=1S/C18H21NO/c1-4-16(15-11-6-5-7-12-15)18(20)19-17-13(2)9-8-10-14(17)3/h5-12,16H,4H2,1-3H3,(H,19,20)/t16-/m1/s1.